The molecule has 45 heteroatoms. The van der Waals surface area contributed by atoms with Crippen LogP contribution >= 0.6 is 23.2 Å². The summed E-state index contributed by atoms with van der Waals surface area (Å²) in [5.74, 6) is -18.3. The SMILES string of the molecule is CN[C@H](CC(C)C)C(=O)N[C@H]1C(=O)N[C@@H](CC(N)=O)C(=O)NC2C(=O)NC3C(=O)N[C@H](C(=O)N[C@@H](C(=O)O)c4cc(O)cc(O)c4-c4cc3ccc4O)[C@H](O)c3ccc(c(Cl)c3)Oc3cc2cc(c3OC2O[C@H](CO)[C@@H](O)[C@H](O)[C@H]2O[C@H]2C[C@](C)(NCCn3ccc(NNC(=O)c4ccc(OC(F)(F)F)cc4)nc3=O)[C@H](O)[C@H](C)O2)Oc2ccc(cc2Cl)[C@H]1O. The number of carboxylic acids is 1. The molecule has 0 radical (unpaired) electrons. The molecule has 8 heterocycles. The number of aromatic nitrogens is 2. The molecule has 0 aliphatic carbocycles. The van der Waals surface area contributed by atoms with E-state index < -0.39 is 277 Å². The van der Waals surface area contributed by atoms with Gasteiger partial charge in [0.1, 0.15) is 95.2 Å². The van der Waals surface area contributed by atoms with Crippen molar-refractivity contribution in [3.8, 4) is 62.9 Å². The van der Waals surface area contributed by atoms with E-state index in [4.69, 9.17) is 57.4 Å². The van der Waals surface area contributed by atoms with E-state index in [1.165, 1.54) is 32.3 Å². The number of phenols is 3. The molecule has 18 atom stereocenters. The van der Waals surface area contributed by atoms with Crippen molar-refractivity contribution in [3.63, 3.8) is 0 Å². The number of phenolic OH excluding ortho intramolecular Hbond substituents is 3. The third-order valence-corrected chi connectivity index (χ3v) is 21.7. The number of benzene rings is 6. The molecule has 0 spiro atoms. The Morgan fingerprint density at radius 1 is 0.728 bits per heavy atom. The number of carbonyl (C=O) groups is 9. The Kier molecular flexibility index (Phi) is 28.0. The Morgan fingerprint density at radius 3 is 1.97 bits per heavy atom. The van der Waals surface area contributed by atoms with E-state index >= 15 is 14.4 Å². The molecule has 2 fully saturated rings. The van der Waals surface area contributed by atoms with Gasteiger partial charge in [-0.1, -0.05) is 55.2 Å². The number of aromatic hydroxyl groups is 3. The Bertz CT molecular complexity index is 5370. The molecule has 7 aliphatic rings. The smallest absolute Gasteiger partial charge is 0.508 e. The maximum absolute atomic E-state index is 16.2. The number of carbonyl (C=O) groups excluding carboxylic acids is 8. The van der Waals surface area contributed by atoms with Gasteiger partial charge in [0.25, 0.3) is 5.91 Å². The first-order chi connectivity index (χ1) is 59.1. The number of anilines is 1. The number of hydrazine groups is 1. The van der Waals surface area contributed by atoms with Crippen LogP contribution in [0, 0.1) is 5.92 Å². The number of halogens is 5. The molecule has 125 heavy (non-hydrogen) atoms. The molecule has 2 saturated heterocycles. The van der Waals surface area contributed by atoms with E-state index in [-0.39, 0.29) is 54.4 Å². The van der Waals surface area contributed by atoms with E-state index in [1.54, 1.807) is 20.8 Å². The maximum atomic E-state index is 16.2. The van der Waals surface area contributed by atoms with Gasteiger partial charge in [-0.15, -0.1) is 13.2 Å². The summed E-state index contributed by atoms with van der Waals surface area (Å²) in [7, 11) is 1.45. The lowest BCUT2D eigenvalue weighted by molar-refractivity contribution is -0.334. The molecule has 7 aromatic rings. The number of nitrogens with zero attached hydrogens (tertiary/aromatic N) is 2. The number of rotatable bonds is 21. The fraction of sp³-hybridized carbons (Fsp3) is 0.388. The van der Waals surface area contributed by atoms with Crippen LogP contribution in [-0.2, 0) is 59.1 Å². The van der Waals surface area contributed by atoms with Gasteiger partial charge in [0.05, 0.1) is 41.3 Å². The summed E-state index contributed by atoms with van der Waals surface area (Å²) in [5, 5.41) is 136. The Morgan fingerprint density at radius 2 is 1.36 bits per heavy atom. The molecule has 7 aliphatic heterocycles. The van der Waals surface area contributed by atoms with Gasteiger partial charge in [-0.2, -0.15) is 4.98 Å². The number of hydrogen-bond donors (Lipinski definition) is 21. The van der Waals surface area contributed by atoms with Crippen molar-refractivity contribution in [1.82, 2.24) is 57.5 Å². The van der Waals surface area contributed by atoms with Crippen LogP contribution in [0.15, 0.2) is 120 Å². The van der Waals surface area contributed by atoms with Crippen LogP contribution in [0.25, 0.3) is 11.1 Å². The highest BCUT2D eigenvalue weighted by atomic mass is 35.5. The summed E-state index contributed by atoms with van der Waals surface area (Å²) < 4.78 is 82.3. The summed E-state index contributed by atoms with van der Waals surface area (Å²) in [6, 6.07) is 3.79. The number of carboxylic acid groups (broad SMARTS) is 1. The van der Waals surface area contributed by atoms with E-state index in [0.717, 1.165) is 102 Å². The zero-order valence-corrected chi connectivity index (χ0v) is 67.9. The summed E-state index contributed by atoms with van der Waals surface area (Å²) in [6.45, 7) is 5.31. The topological polar surface area (TPSA) is 602 Å². The number of aliphatic carboxylic acids is 1. The van der Waals surface area contributed by atoms with Gasteiger partial charge < -0.3 is 132 Å². The minimum absolute atomic E-state index is 0.0912. The van der Waals surface area contributed by atoms with Crippen molar-refractivity contribution < 1.29 is 141 Å². The predicted molar refractivity (Wildman–Crippen MR) is 426 cm³/mol. The number of likely N-dealkylation sites (N-methyl/N-ethyl adjacent to an activating group) is 1. The first kappa shape index (κ1) is 92.0. The molecular weight excluding hydrogens is 1700 g/mol. The molecule has 14 rings (SSSR count). The number of aliphatic hydroxyl groups excluding tert-OH is 6. The average Bonchev–Trinajstić information content (AvgIpc) is 0.764. The number of fused-ring (bicyclic) bond motifs is 15. The number of hydrogen-bond acceptors (Lipinski definition) is 30. The first-order valence-corrected chi connectivity index (χ1v) is 39.3. The number of alkyl halides is 3. The van der Waals surface area contributed by atoms with Gasteiger partial charge in [-0.05, 0) is 140 Å². The standard InChI is InChI=1S/C80H86Cl2F3N13O27/c1-31(2)20-44(87-5)70(110)94-60-62(104)35-9-14-48(42(81)22-35)120-50-24-37-25-51(66(50)124-77-67(65(107)64(106)52(30-99)122-77)123-55-29-79(4,68(108)32(3)119-55)88-17-19-98-18-16-54(90-78(98)118)96-97-69(109)33-6-11-39(12-7-33)125-80(83,84)85)121-49-15-10-36(23-43(49)82)63(105)61-75(115)93-59(76(116)117)41-26-38(100)27-47(102)56(41)40-21-34(8-13-46(40)101)57(72(112)95-61)92-73(113)58(37)91-71(111)45(28-53(86)103)89-74(60)114/h6-16,18,21-27,31-32,44-45,52,55,57-65,67-68,77,87-88,99-102,104-108H,17,19-20,28-30H2,1-5H3,(H2,86,103)(H,89,114)(H,91,111)(H,92,113)(H,93,115)(H,94,110)(H,95,112)(H,97,109)(H,116,117)(H,90,96,118)/t32-,44+,45-,52+,55-,57?,58?,59+,60+,61-,62+,63+,64+,65-,67+,68+,77?,79-/m0/s1. The Hall–Kier alpha value is -12.2. The summed E-state index contributed by atoms with van der Waals surface area (Å²) in [6.07, 6.45) is -23.6. The van der Waals surface area contributed by atoms with E-state index in [1.807, 2.05) is 0 Å². The predicted octanol–water partition coefficient (Wildman–Crippen LogP) is 1.65. The van der Waals surface area contributed by atoms with Gasteiger partial charge >= 0.3 is 18.0 Å². The van der Waals surface area contributed by atoms with E-state index in [9.17, 15) is 97.8 Å². The van der Waals surface area contributed by atoms with Crippen LogP contribution in [0.2, 0.25) is 10.0 Å². The molecular formula is C80H86Cl2F3N13O27. The monoisotopic (exact) mass is 1790 g/mol. The highest BCUT2D eigenvalue weighted by molar-refractivity contribution is 6.32. The van der Waals surface area contributed by atoms with Crippen molar-refractivity contribution >= 4 is 82.2 Å². The molecule has 3 unspecified atom stereocenters. The minimum Gasteiger partial charge on any atom is -0.508 e. The minimum atomic E-state index is -4.98. The van der Waals surface area contributed by atoms with Crippen LogP contribution in [0.5, 0.6) is 51.7 Å². The highest BCUT2D eigenvalue weighted by Gasteiger charge is 2.52. The fourth-order valence-electron chi connectivity index (χ4n) is 14.8. The molecule has 8 amide bonds. The van der Waals surface area contributed by atoms with Gasteiger partial charge in [0.15, 0.2) is 35.8 Å². The second kappa shape index (κ2) is 38.1. The number of primary amides is 1. The van der Waals surface area contributed by atoms with Gasteiger partial charge in [-0.3, -0.25) is 53.8 Å². The van der Waals surface area contributed by atoms with Crippen LogP contribution in [0.3, 0.4) is 0 Å². The van der Waals surface area contributed by atoms with Gasteiger partial charge in [0.2, 0.25) is 53.4 Å². The normalized spacial score (nSPS) is 26.0. The van der Waals surface area contributed by atoms with Crippen LogP contribution in [0.4, 0.5) is 19.0 Å². The second-order valence-electron chi connectivity index (χ2n) is 30.5. The Labute approximate surface area is 715 Å². The largest absolute Gasteiger partial charge is 0.573 e. The molecule has 668 valence electrons. The van der Waals surface area contributed by atoms with Crippen LogP contribution in [0.1, 0.15) is 115 Å². The van der Waals surface area contributed by atoms with Gasteiger partial charge in [-0.25, -0.2) is 9.59 Å². The molecule has 11 bridgehead atoms. The van der Waals surface area contributed by atoms with Crippen LogP contribution in [-0.4, -0.2) is 219 Å². The number of ether oxygens (including phenoxy) is 7. The number of amides is 8. The lowest BCUT2D eigenvalue weighted by Gasteiger charge is -2.48. The quantitative estimate of drug-likeness (QED) is 0.0455. The number of aliphatic hydroxyl groups is 6. The lowest BCUT2D eigenvalue weighted by atomic mass is 9.85. The van der Waals surface area contributed by atoms with Crippen molar-refractivity contribution in [2.45, 2.75) is 169 Å². The molecule has 6 aromatic carbocycles. The third kappa shape index (κ3) is 20.9. The summed E-state index contributed by atoms with van der Waals surface area (Å²) in [5.41, 5.74) is 4.97. The van der Waals surface area contributed by atoms with Crippen molar-refractivity contribution in [3.05, 3.63) is 169 Å². The first-order valence-electron chi connectivity index (χ1n) is 38.5. The van der Waals surface area contributed by atoms with Crippen molar-refractivity contribution in [2.24, 2.45) is 11.7 Å². The average molecular weight is 1790 g/mol. The second-order valence-corrected chi connectivity index (χ2v) is 31.3. The zero-order valence-electron chi connectivity index (χ0n) is 66.4. The summed E-state index contributed by atoms with van der Waals surface area (Å²) >= 11 is 14.3. The highest BCUT2D eigenvalue weighted by Crippen LogP contribution is 2.50. The zero-order chi connectivity index (χ0) is 90.7. The fourth-order valence-corrected chi connectivity index (χ4v) is 15.2. The molecule has 0 saturated carbocycles. The molecule has 22 N–H and O–H groups in total. The van der Waals surface area contributed by atoms with Gasteiger partial charge in [0, 0.05) is 59.6 Å². The Balaban J connectivity index is 0.971. The number of nitrogens with one attached hydrogen (secondary N) is 10. The van der Waals surface area contributed by atoms with Crippen LogP contribution < -0.4 is 83.8 Å². The maximum Gasteiger partial charge on any atom is 0.573 e. The third-order valence-electron chi connectivity index (χ3n) is 21.1. The summed E-state index contributed by atoms with van der Waals surface area (Å²) in [4.78, 5) is 148. The van der Waals surface area contributed by atoms with E-state index in [2.05, 4.69) is 63.1 Å². The van der Waals surface area contributed by atoms with Crippen molar-refractivity contribution in [1.29, 1.82) is 0 Å². The molecule has 1 aromatic heterocycles. The van der Waals surface area contributed by atoms with E-state index in [0.29, 0.717) is 0 Å². The number of nitrogens with two attached hydrogens (primary N) is 1. The molecule has 40 nitrogen and oxygen atoms in total. The lowest BCUT2D eigenvalue weighted by Crippen LogP contribution is -2.65. The van der Waals surface area contributed by atoms with Crippen molar-refractivity contribution in [2.75, 3.05) is 25.6 Å².